The molecule has 2 rings (SSSR count). The molecule has 0 atom stereocenters. The summed E-state index contributed by atoms with van der Waals surface area (Å²) in [6.07, 6.45) is 0. The summed E-state index contributed by atoms with van der Waals surface area (Å²) in [6.45, 7) is 0. The molecule has 2 aromatic rings. The second kappa shape index (κ2) is 5.76. The van der Waals surface area contributed by atoms with E-state index in [1.165, 1.54) is 13.2 Å². The SMILES string of the molecule is COc1ccc(Br)cc1Nc1c(N)cc(N)c(Cl)c1F. The van der Waals surface area contributed by atoms with Crippen LogP contribution in [0.2, 0.25) is 5.02 Å². The van der Waals surface area contributed by atoms with E-state index in [1.807, 2.05) is 0 Å². The molecule has 0 bridgehead atoms. The standard InChI is InChI=1S/C13H12BrClFN3O/c1-20-10-3-2-6(14)4-9(10)19-13-8(18)5-7(17)11(15)12(13)16/h2-5,19H,17-18H2,1H3. The van der Waals surface area contributed by atoms with E-state index in [9.17, 15) is 4.39 Å². The molecule has 0 aliphatic rings. The first-order valence-corrected chi connectivity index (χ1v) is 6.74. The molecule has 0 amide bonds. The van der Waals surface area contributed by atoms with Gasteiger partial charge in [-0.25, -0.2) is 4.39 Å². The van der Waals surface area contributed by atoms with E-state index in [0.29, 0.717) is 11.4 Å². The first-order chi connectivity index (χ1) is 9.43. The second-order valence-corrected chi connectivity index (χ2v) is 5.32. The molecule has 0 saturated heterocycles. The highest BCUT2D eigenvalue weighted by Crippen LogP contribution is 2.38. The number of nitrogens with one attached hydrogen (secondary N) is 1. The largest absolute Gasteiger partial charge is 0.495 e. The molecule has 0 aliphatic carbocycles. The summed E-state index contributed by atoms with van der Waals surface area (Å²) in [5.41, 5.74) is 12.2. The van der Waals surface area contributed by atoms with Gasteiger partial charge in [0.1, 0.15) is 10.8 Å². The number of nitrogen functional groups attached to an aromatic ring is 2. The Bertz CT molecular complexity index is 667. The van der Waals surface area contributed by atoms with Crippen molar-refractivity contribution in [1.82, 2.24) is 0 Å². The topological polar surface area (TPSA) is 73.3 Å². The van der Waals surface area contributed by atoms with E-state index < -0.39 is 5.82 Å². The molecule has 20 heavy (non-hydrogen) atoms. The highest BCUT2D eigenvalue weighted by atomic mass is 79.9. The number of hydrogen-bond acceptors (Lipinski definition) is 4. The summed E-state index contributed by atoms with van der Waals surface area (Å²) >= 11 is 9.13. The van der Waals surface area contributed by atoms with Crippen LogP contribution in [0.5, 0.6) is 5.75 Å². The molecule has 0 spiro atoms. The normalized spacial score (nSPS) is 10.4. The van der Waals surface area contributed by atoms with Crippen LogP contribution in [0.15, 0.2) is 28.7 Å². The van der Waals surface area contributed by atoms with E-state index in [-0.39, 0.29) is 22.1 Å². The van der Waals surface area contributed by atoms with Crippen molar-refractivity contribution in [2.75, 3.05) is 23.9 Å². The van der Waals surface area contributed by atoms with E-state index in [1.54, 1.807) is 18.2 Å². The first kappa shape index (κ1) is 14.7. The van der Waals surface area contributed by atoms with Gasteiger partial charge in [0.05, 0.1) is 29.9 Å². The lowest BCUT2D eigenvalue weighted by Crippen LogP contribution is -2.03. The maximum absolute atomic E-state index is 14.1. The van der Waals surface area contributed by atoms with E-state index >= 15 is 0 Å². The fraction of sp³-hybridized carbons (Fsp3) is 0.0769. The van der Waals surface area contributed by atoms with Gasteiger partial charge in [0.25, 0.3) is 0 Å². The van der Waals surface area contributed by atoms with Crippen LogP contribution in [-0.4, -0.2) is 7.11 Å². The van der Waals surface area contributed by atoms with Gasteiger partial charge in [-0.15, -0.1) is 0 Å². The highest BCUT2D eigenvalue weighted by molar-refractivity contribution is 9.10. The Balaban J connectivity index is 2.50. The molecular weight excluding hydrogens is 349 g/mol. The van der Waals surface area contributed by atoms with Crippen LogP contribution in [0.4, 0.5) is 27.1 Å². The minimum Gasteiger partial charge on any atom is -0.495 e. The van der Waals surface area contributed by atoms with E-state index in [0.717, 1.165) is 4.47 Å². The molecule has 0 fully saturated rings. The molecular formula is C13H12BrClFN3O. The second-order valence-electron chi connectivity index (χ2n) is 4.03. The van der Waals surface area contributed by atoms with Crippen LogP contribution in [0.1, 0.15) is 0 Å². The Morgan fingerprint density at radius 2 is 1.95 bits per heavy atom. The minimum absolute atomic E-state index is 0.0561. The molecule has 0 unspecified atom stereocenters. The Morgan fingerprint density at radius 1 is 1.25 bits per heavy atom. The Morgan fingerprint density at radius 3 is 2.60 bits per heavy atom. The van der Waals surface area contributed by atoms with Crippen LogP contribution in [0, 0.1) is 5.82 Å². The third-order valence-electron chi connectivity index (χ3n) is 2.69. The van der Waals surface area contributed by atoms with Gasteiger partial charge in [-0.05, 0) is 24.3 Å². The molecule has 0 aliphatic heterocycles. The minimum atomic E-state index is -0.703. The van der Waals surface area contributed by atoms with Crippen LogP contribution < -0.4 is 21.5 Å². The Labute approximate surface area is 129 Å². The fourth-order valence-corrected chi connectivity index (χ4v) is 2.22. The van der Waals surface area contributed by atoms with Crippen LogP contribution in [0.25, 0.3) is 0 Å². The quantitative estimate of drug-likeness (QED) is 0.719. The molecule has 0 radical (unpaired) electrons. The molecule has 106 valence electrons. The van der Waals surface area contributed by atoms with Gasteiger partial charge in [-0.3, -0.25) is 0 Å². The lowest BCUT2D eigenvalue weighted by Gasteiger charge is -2.15. The predicted octanol–water partition coefficient (Wildman–Crippen LogP) is 4.16. The molecule has 0 aromatic heterocycles. The lowest BCUT2D eigenvalue weighted by molar-refractivity contribution is 0.416. The highest BCUT2D eigenvalue weighted by Gasteiger charge is 2.16. The third-order valence-corrected chi connectivity index (χ3v) is 3.56. The van der Waals surface area contributed by atoms with Crippen LogP contribution in [0.3, 0.4) is 0 Å². The maximum atomic E-state index is 14.1. The van der Waals surface area contributed by atoms with Crippen molar-refractivity contribution < 1.29 is 9.13 Å². The van der Waals surface area contributed by atoms with Gasteiger partial charge < -0.3 is 21.5 Å². The van der Waals surface area contributed by atoms with Gasteiger partial charge in [-0.2, -0.15) is 0 Å². The molecule has 0 heterocycles. The molecule has 0 saturated carbocycles. The number of halogens is 3. The average Bonchev–Trinajstić information content (AvgIpc) is 2.41. The Hall–Kier alpha value is -1.66. The van der Waals surface area contributed by atoms with E-state index in [4.69, 9.17) is 27.8 Å². The summed E-state index contributed by atoms with van der Waals surface area (Å²) in [6, 6.07) is 6.68. The van der Waals surface area contributed by atoms with Crippen molar-refractivity contribution in [2.24, 2.45) is 0 Å². The number of ether oxygens (including phenoxy) is 1. The summed E-state index contributed by atoms with van der Waals surface area (Å²) in [7, 11) is 1.52. The average molecular weight is 361 g/mol. The number of anilines is 4. The number of methoxy groups -OCH3 is 1. The van der Waals surface area contributed by atoms with E-state index in [2.05, 4.69) is 21.2 Å². The zero-order valence-electron chi connectivity index (χ0n) is 10.5. The molecule has 5 N–H and O–H groups in total. The van der Waals surface area contributed by atoms with Crippen molar-refractivity contribution in [3.63, 3.8) is 0 Å². The van der Waals surface area contributed by atoms with Crippen LogP contribution in [-0.2, 0) is 0 Å². The third kappa shape index (κ3) is 2.76. The summed E-state index contributed by atoms with van der Waals surface area (Å²) in [4.78, 5) is 0. The van der Waals surface area contributed by atoms with Crippen molar-refractivity contribution >= 4 is 50.3 Å². The first-order valence-electron chi connectivity index (χ1n) is 5.57. The molecule has 4 nitrogen and oxygen atoms in total. The fourth-order valence-electron chi connectivity index (χ4n) is 1.71. The van der Waals surface area contributed by atoms with Gasteiger partial charge in [-0.1, -0.05) is 27.5 Å². The van der Waals surface area contributed by atoms with Crippen molar-refractivity contribution in [3.8, 4) is 5.75 Å². The zero-order chi connectivity index (χ0) is 14.9. The zero-order valence-corrected chi connectivity index (χ0v) is 12.8. The van der Waals surface area contributed by atoms with Crippen molar-refractivity contribution in [2.45, 2.75) is 0 Å². The van der Waals surface area contributed by atoms with Crippen molar-refractivity contribution in [3.05, 3.63) is 39.6 Å². The number of hydrogen-bond donors (Lipinski definition) is 3. The van der Waals surface area contributed by atoms with Crippen LogP contribution >= 0.6 is 27.5 Å². The number of nitrogens with two attached hydrogens (primary N) is 2. The van der Waals surface area contributed by atoms with Gasteiger partial charge in [0.15, 0.2) is 5.82 Å². The smallest absolute Gasteiger partial charge is 0.169 e. The summed E-state index contributed by atoms with van der Waals surface area (Å²) in [5.74, 6) is -0.161. The molecule has 2 aromatic carbocycles. The maximum Gasteiger partial charge on any atom is 0.169 e. The number of rotatable bonds is 3. The predicted molar refractivity (Wildman–Crippen MR) is 84.2 cm³/mol. The number of benzene rings is 2. The Kier molecular flexibility index (Phi) is 4.25. The monoisotopic (exact) mass is 359 g/mol. The van der Waals surface area contributed by atoms with Gasteiger partial charge in [0.2, 0.25) is 0 Å². The lowest BCUT2D eigenvalue weighted by atomic mass is 10.2. The van der Waals surface area contributed by atoms with Gasteiger partial charge in [0, 0.05) is 4.47 Å². The summed E-state index contributed by atoms with van der Waals surface area (Å²) < 4.78 is 20.1. The van der Waals surface area contributed by atoms with Gasteiger partial charge >= 0.3 is 0 Å². The van der Waals surface area contributed by atoms with Crippen molar-refractivity contribution in [1.29, 1.82) is 0 Å². The summed E-state index contributed by atoms with van der Waals surface area (Å²) in [5, 5.41) is 2.70. The molecule has 7 heteroatoms.